The van der Waals surface area contributed by atoms with Crippen molar-refractivity contribution in [2.24, 2.45) is 0 Å². The van der Waals surface area contributed by atoms with E-state index in [4.69, 9.17) is 11.6 Å². The van der Waals surface area contributed by atoms with Crippen molar-refractivity contribution in [1.29, 1.82) is 0 Å². The average molecular weight is 332 g/mol. The number of halogens is 1. The average Bonchev–Trinajstić information content (AvgIpc) is 2.57. The molecule has 0 bridgehead atoms. The van der Waals surface area contributed by atoms with Crippen molar-refractivity contribution in [3.8, 4) is 0 Å². The van der Waals surface area contributed by atoms with Crippen molar-refractivity contribution in [3.63, 3.8) is 0 Å². The largest absolute Gasteiger partial charge is 0.385 e. The van der Waals surface area contributed by atoms with Gasteiger partial charge in [0.25, 0.3) is 0 Å². The summed E-state index contributed by atoms with van der Waals surface area (Å²) in [5.74, 6) is 0. The Kier molecular flexibility index (Phi) is 6.64. The molecular weight excluding hydrogens is 306 g/mol. The van der Waals surface area contributed by atoms with Gasteiger partial charge >= 0.3 is 0 Å². The molecule has 3 heteroatoms. The molecule has 0 saturated carbocycles. The van der Waals surface area contributed by atoms with Crippen LogP contribution >= 0.6 is 11.6 Å². The Morgan fingerprint density at radius 1 is 1.00 bits per heavy atom. The highest BCUT2D eigenvalue weighted by Gasteiger charge is 2.30. The Morgan fingerprint density at radius 3 is 2.30 bits per heavy atom. The van der Waals surface area contributed by atoms with Gasteiger partial charge in [-0.3, -0.25) is 0 Å². The van der Waals surface area contributed by atoms with Crippen molar-refractivity contribution in [1.82, 2.24) is 4.90 Å². The summed E-state index contributed by atoms with van der Waals surface area (Å²) in [6.45, 7) is 7.15. The molecule has 1 atom stereocenters. The van der Waals surface area contributed by atoms with E-state index in [0.717, 1.165) is 30.8 Å². The first-order valence-electron chi connectivity index (χ1n) is 8.32. The zero-order chi connectivity index (χ0) is 16.7. The summed E-state index contributed by atoms with van der Waals surface area (Å²) in [7, 11) is 0. The molecule has 0 aromatic heterocycles. The monoisotopic (exact) mass is 331 g/mol. The Morgan fingerprint density at radius 2 is 1.70 bits per heavy atom. The van der Waals surface area contributed by atoms with Gasteiger partial charge in [-0.05, 0) is 42.8 Å². The topological polar surface area (TPSA) is 23.5 Å². The van der Waals surface area contributed by atoms with E-state index >= 15 is 0 Å². The number of aliphatic hydroxyl groups is 1. The number of hydrogen-bond acceptors (Lipinski definition) is 2. The third kappa shape index (κ3) is 5.07. The van der Waals surface area contributed by atoms with E-state index in [1.54, 1.807) is 0 Å². The van der Waals surface area contributed by atoms with Crippen LogP contribution in [0.2, 0.25) is 5.02 Å². The number of hydrogen-bond donors (Lipinski definition) is 1. The first kappa shape index (κ1) is 18.0. The van der Waals surface area contributed by atoms with Crippen LogP contribution < -0.4 is 0 Å². The SMILES string of the molecule is CCN(CC)CC[C@@](O)(Cc1ccccc1)c1cccc(Cl)c1. The lowest BCUT2D eigenvalue weighted by Crippen LogP contribution is -2.35. The van der Waals surface area contributed by atoms with Gasteiger partial charge in [0.15, 0.2) is 0 Å². The van der Waals surface area contributed by atoms with Gasteiger partial charge in [-0.1, -0.05) is 67.9 Å². The molecule has 0 spiro atoms. The predicted octanol–water partition coefficient (Wildman–Crippen LogP) is 4.50. The maximum Gasteiger partial charge on any atom is 0.0949 e. The van der Waals surface area contributed by atoms with Crippen molar-refractivity contribution in [2.75, 3.05) is 19.6 Å². The van der Waals surface area contributed by atoms with E-state index in [2.05, 4.69) is 30.9 Å². The molecule has 2 nitrogen and oxygen atoms in total. The summed E-state index contributed by atoms with van der Waals surface area (Å²) in [5, 5.41) is 12.1. The molecule has 0 heterocycles. The molecule has 0 amide bonds. The van der Waals surface area contributed by atoms with Gasteiger partial charge in [0.2, 0.25) is 0 Å². The molecule has 1 N–H and O–H groups in total. The van der Waals surface area contributed by atoms with E-state index in [9.17, 15) is 5.11 Å². The predicted molar refractivity (Wildman–Crippen MR) is 97.9 cm³/mol. The minimum atomic E-state index is -0.908. The lowest BCUT2D eigenvalue weighted by Gasteiger charge is -2.32. The first-order valence-corrected chi connectivity index (χ1v) is 8.70. The van der Waals surface area contributed by atoms with Gasteiger partial charge in [0.05, 0.1) is 5.60 Å². The highest BCUT2D eigenvalue weighted by molar-refractivity contribution is 6.30. The van der Waals surface area contributed by atoms with E-state index in [0.29, 0.717) is 17.9 Å². The summed E-state index contributed by atoms with van der Waals surface area (Å²) in [6, 6.07) is 17.8. The van der Waals surface area contributed by atoms with Crippen LogP contribution in [0.5, 0.6) is 0 Å². The fourth-order valence-corrected chi connectivity index (χ4v) is 3.12. The minimum absolute atomic E-state index is 0.593. The van der Waals surface area contributed by atoms with Crippen LogP contribution in [0.1, 0.15) is 31.4 Å². The molecule has 2 aromatic rings. The zero-order valence-corrected chi connectivity index (χ0v) is 14.8. The van der Waals surface area contributed by atoms with Crippen LogP contribution in [-0.4, -0.2) is 29.6 Å². The number of benzene rings is 2. The van der Waals surface area contributed by atoms with E-state index in [1.165, 1.54) is 0 Å². The van der Waals surface area contributed by atoms with Crippen LogP contribution in [0.15, 0.2) is 54.6 Å². The van der Waals surface area contributed by atoms with Crippen molar-refractivity contribution in [2.45, 2.75) is 32.3 Å². The van der Waals surface area contributed by atoms with Gasteiger partial charge in [-0.15, -0.1) is 0 Å². The van der Waals surface area contributed by atoms with Crippen LogP contribution in [0.25, 0.3) is 0 Å². The second-order valence-electron chi connectivity index (χ2n) is 5.98. The highest BCUT2D eigenvalue weighted by atomic mass is 35.5. The quantitative estimate of drug-likeness (QED) is 0.769. The van der Waals surface area contributed by atoms with Crippen LogP contribution in [0.3, 0.4) is 0 Å². The molecule has 0 unspecified atom stereocenters. The molecule has 0 radical (unpaired) electrons. The molecular formula is C20H26ClNO. The summed E-state index contributed by atoms with van der Waals surface area (Å²) in [5.41, 5.74) is 1.12. The molecule has 124 valence electrons. The molecule has 0 fully saturated rings. The third-order valence-electron chi connectivity index (χ3n) is 4.44. The smallest absolute Gasteiger partial charge is 0.0949 e. The van der Waals surface area contributed by atoms with Gasteiger partial charge in [-0.25, -0.2) is 0 Å². The van der Waals surface area contributed by atoms with Crippen molar-refractivity contribution < 1.29 is 5.11 Å². The lowest BCUT2D eigenvalue weighted by molar-refractivity contribution is 0.0181. The summed E-state index contributed by atoms with van der Waals surface area (Å²) >= 11 is 6.15. The fourth-order valence-electron chi connectivity index (χ4n) is 2.93. The molecule has 0 aliphatic heterocycles. The third-order valence-corrected chi connectivity index (χ3v) is 4.67. The van der Waals surface area contributed by atoms with Crippen LogP contribution in [0.4, 0.5) is 0 Å². The molecule has 0 saturated heterocycles. The van der Waals surface area contributed by atoms with Crippen molar-refractivity contribution >= 4 is 11.6 Å². The second-order valence-corrected chi connectivity index (χ2v) is 6.42. The molecule has 23 heavy (non-hydrogen) atoms. The van der Waals surface area contributed by atoms with Crippen LogP contribution in [-0.2, 0) is 12.0 Å². The maximum absolute atomic E-state index is 11.4. The molecule has 2 rings (SSSR count). The number of nitrogens with zero attached hydrogens (tertiary/aromatic N) is 1. The molecule has 0 aliphatic rings. The van der Waals surface area contributed by atoms with Crippen LogP contribution in [0, 0.1) is 0 Å². The zero-order valence-electron chi connectivity index (χ0n) is 14.0. The fraction of sp³-hybridized carbons (Fsp3) is 0.400. The van der Waals surface area contributed by atoms with E-state index in [1.807, 2.05) is 42.5 Å². The van der Waals surface area contributed by atoms with Gasteiger partial charge in [0, 0.05) is 18.0 Å². The van der Waals surface area contributed by atoms with Gasteiger partial charge in [0.1, 0.15) is 0 Å². The maximum atomic E-state index is 11.4. The van der Waals surface area contributed by atoms with E-state index < -0.39 is 5.60 Å². The van der Waals surface area contributed by atoms with Gasteiger partial charge in [-0.2, -0.15) is 0 Å². The molecule has 2 aromatic carbocycles. The summed E-state index contributed by atoms with van der Waals surface area (Å²) in [6.07, 6.45) is 1.28. The number of rotatable bonds is 8. The minimum Gasteiger partial charge on any atom is -0.385 e. The Bertz CT molecular complexity index is 598. The Hall–Kier alpha value is -1.35. The van der Waals surface area contributed by atoms with Crippen molar-refractivity contribution in [3.05, 3.63) is 70.7 Å². The first-order chi connectivity index (χ1) is 11.1. The van der Waals surface area contributed by atoms with E-state index in [-0.39, 0.29) is 0 Å². The Labute approximate surface area is 144 Å². The summed E-state index contributed by atoms with van der Waals surface area (Å²) < 4.78 is 0. The molecule has 0 aliphatic carbocycles. The second kappa shape index (κ2) is 8.49. The highest BCUT2D eigenvalue weighted by Crippen LogP contribution is 2.31. The van der Waals surface area contributed by atoms with Gasteiger partial charge < -0.3 is 10.0 Å². The summed E-state index contributed by atoms with van der Waals surface area (Å²) in [4.78, 5) is 2.33. The lowest BCUT2D eigenvalue weighted by atomic mass is 9.84. The Balaban J connectivity index is 2.26. The standard InChI is InChI=1S/C20H26ClNO/c1-3-22(4-2)14-13-20(23,16-17-9-6-5-7-10-17)18-11-8-12-19(21)15-18/h5-12,15,23H,3-4,13-14,16H2,1-2H3/t20-/m1/s1. The normalized spacial score (nSPS) is 14.0.